The summed E-state index contributed by atoms with van der Waals surface area (Å²) < 4.78 is 58.5. The number of alkyl halides is 1. The standard InChI is InChI=1S/C35H37FN5O10P/c1-20(2)31(42)39-34-38-30-28(32(43)40-34)37-19-41(30)33-29(51-52(44,45)46)27(36)26(50-33)18-49-35(21-8-6-5-7-9-21,22-10-14-24(47-3)15-11-22)23-12-16-25(48-4)17-13-23/h5-17,19-20,26-27,29,33H,18H2,1-4H3,(H2,44,45,46)(H2,38,39,40,42,43)/t26-,27?,29-,33-/m1/s1. The van der Waals surface area contributed by atoms with E-state index in [1.807, 2.05) is 54.6 Å². The van der Waals surface area contributed by atoms with Crippen LogP contribution in [0.4, 0.5) is 10.3 Å². The number of carbonyl (C=O) groups is 1. The molecule has 1 aliphatic heterocycles. The first-order chi connectivity index (χ1) is 24.8. The monoisotopic (exact) mass is 737 g/mol. The Morgan fingerprint density at radius 3 is 2.12 bits per heavy atom. The van der Waals surface area contributed by atoms with Crippen molar-refractivity contribution in [3.8, 4) is 11.5 Å². The molecular weight excluding hydrogens is 700 g/mol. The van der Waals surface area contributed by atoms with E-state index in [1.54, 1.807) is 52.3 Å². The van der Waals surface area contributed by atoms with Crippen LogP contribution in [0.25, 0.3) is 11.2 Å². The van der Waals surface area contributed by atoms with Gasteiger partial charge in [0.25, 0.3) is 5.56 Å². The number of benzene rings is 3. The van der Waals surface area contributed by atoms with Crippen molar-refractivity contribution in [2.24, 2.45) is 5.92 Å². The van der Waals surface area contributed by atoms with Crippen LogP contribution in [-0.4, -0.2) is 74.4 Å². The minimum Gasteiger partial charge on any atom is -0.497 e. The first-order valence-corrected chi connectivity index (χ1v) is 17.7. The zero-order chi connectivity index (χ0) is 37.2. The number of hydrogen-bond donors (Lipinski definition) is 4. The molecule has 3 heterocycles. The third-order valence-corrected chi connectivity index (χ3v) is 9.15. The molecule has 274 valence electrons. The molecule has 1 aliphatic rings. The molecule has 0 saturated carbocycles. The molecule has 6 rings (SSSR count). The second-order valence-corrected chi connectivity index (χ2v) is 13.5. The number of aromatic nitrogens is 4. The molecule has 1 unspecified atom stereocenters. The van der Waals surface area contributed by atoms with Gasteiger partial charge in [-0.1, -0.05) is 68.4 Å². The van der Waals surface area contributed by atoms with Crippen molar-refractivity contribution in [1.82, 2.24) is 19.5 Å². The van der Waals surface area contributed by atoms with Crippen LogP contribution in [0.15, 0.2) is 90.0 Å². The predicted octanol–water partition coefficient (Wildman–Crippen LogP) is 4.45. The lowest BCUT2D eigenvalue weighted by Crippen LogP contribution is -2.38. The van der Waals surface area contributed by atoms with E-state index in [2.05, 4.69) is 20.3 Å². The van der Waals surface area contributed by atoms with Gasteiger partial charge in [0.1, 0.15) is 29.3 Å². The summed E-state index contributed by atoms with van der Waals surface area (Å²) in [5, 5.41) is 2.49. The molecule has 1 amide bonds. The van der Waals surface area contributed by atoms with Gasteiger partial charge in [0.15, 0.2) is 23.6 Å². The molecule has 1 fully saturated rings. The summed E-state index contributed by atoms with van der Waals surface area (Å²) in [7, 11) is -2.21. The molecule has 0 aliphatic carbocycles. The molecule has 2 aromatic heterocycles. The van der Waals surface area contributed by atoms with Crippen LogP contribution in [0.5, 0.6) is 11.5 Å². The number of halogens is 1. The van der Waals surface area contributed by atoms with Crippen LogP contribution < -0.4 is 20.3 Å². The third kappa shape index (κ3) is 7.35. The zero-order valence-electron chi connectivity index (χ0n) is 28.5. The number of H-pyrrole nitrogens is 1. The fourth-order valence-electron chi connectivity index (χ4n) is 6.04. The van der Waals surface area contributed by atoms with Crippen LogP contribution in [0.2, 0.25) is 0 Å². The van der Waals surface area contributed by atoms with Gasteiger partial charge in [-0.05, 0) is 41.0 Å². The molecular formula is C35H37FN5O10P. The highest BCUT2D eigenvalue weighted by Gasteiger charge is 2.51. The Kier molecular flexibility index (Phi) is 10.6. The number of phosphoric ester groups is 1. The molecule has 5 aromatic rings. The van der Waals surface area contributed by atoms with Crippen molar-refractivity contribution in [3.63, 3.8) is 0 Å². The van der Waals surface area contributed by atoms with Gasteiger partial charge in [-0.3, -0.25) is 29.0 Å². The van der Waals surface area contributed by atoms with E-state index in [1.165, 1.54) is 0 Å². The van der Waals surface area contributed by atoms with E-state index in [-0.39, 0.29) is 17.1 Å². The fourth-order valence-corrected chi connectivity index (χ4v) is 6.58. The Bertz CT molecular complexity index is 2070. The highest BCUT2D eigenvalue weighted by molar-refractivity contribution is 7.46. The Morgan fingerprint density at radius 1 is 1.00 bits per heavy atom. The topological polar surface area (TPSA) is 196 Å². The molecule has 17 heteroatoms. The van der Waals surface area contributed by atoms with Crippen molar-refractivity contribution in [1.29, 1.82) is 0 Å². The second-order valence-electron chi connectivity index (χ2n) is 12.3. The van der Waals surface area contributed by atoms with E-state index in [0.717, 1.165) is 10.9 Å². The molecule has 0 spiro atoms. The van der Waals surface area contributed by atoms with E-state index < -0.39 is 62.0 Å². The maximum absolute atomic E-state index is 16.5. The van der Waals surface area contributed by atoms with Crippen LogP contribution in [0, 0.1) is 5.92 Å². The van der Waals surface area contributed by atoms with Gasteiger partial charge in [-0.25, -0.2) is 13.9 Å². The smallest absolute Gasteiger partial charge is 0.470 e. The first-order valence-electron chi connectivity index (χ1n) is 16.1. The summed E-state index contributed by atoms with van der Waals surface area (Å²) in [6, 6.07) is 23.6. The molecule has 3 aromatic carbocycles. The van der Waals surface area contributed by atoms with Gasteiger partial charge >= 0.3 is 7.82 Å². The molecule has 1 saturated heterocycles. The van der Waals surface area contributed by atoms with Crippen LogP contribution in [0.3, 0.4) is 0 Å². The van der Waals surface area contributed by atoms with Crippen LogP contribution in [0.1, 0.15) is 36.8 Å². The lowest BCUT2D eigenvalue weighted by molar-refractivity contribution is -0.118. The number of phosphoric acid groups is 1. The zero-order valence-corrected chi connectivity index (χ0v) is 29.4. The predicted molar refractivity (Wildman–Crippen MR) is 186 cm³/mol. The lowest BCUT2D eigenvalue weighted by atomic mass is 9.80. The van der Waals surface area contributed by atoms with E-state index in [9.17, 15) is 23.9 Å². The van der Waals surface area contributed by atoms with E-state index >= 15 is 4.39 Å². The van der Waals surface area contributed by atoms with Gasteiger partial charge in [-0.2, -0.15) is 4.98 Å². The summed E-state index contributed by atoms with van der Waals surface area (Å²) >= 11 is 0. The number of nitrogens with one attached hydrogen (secondary N) is 2. The number of methoxy groups -OCH3 is 2. The molecule has 4 N–H and O–H groups in total. The summed E-state index contributed by atoms with van der Waals surface area (Å²) in [4.78, 5) is 55.6. The summed E-state index contributed by atoms with van der Waals surface area (Å²) in [5.74, 6) is 0.0833. The number of anilines is 1. The molecule has 52 heavy (non-hydrogen) atoms. The van der Waals surface area contributed by atoms with Crippen LogP contribution >= 0.6 is 7.82 Å². The number of ether oxygens (including phenoxy) is 4. The van der Waals surface area contributed by atoms with Gasteiger partial charge in [-0.15, -0.1) is 0 Å². The van der Waals surface area contributed by atoms with Crippen molar-refractivity contribution < 1.29 is 47.0 Å². The average Bonchev–Trinajstić information content (AvgIpc) is 3.69. The van der Waals surface area contributed by atoms with Crippen molar-refractivity contribution in [2.75, 3.05) is 26.1 Å². The molecule has 15 nitrogen and oxygen atoms in total. The molecule has 0 bridgehead atoms. The van der Waals surface area contributed by atoms with Gasteiger partial charge in [0.2, 0.25) is 11.9 Å². The lowest BCUT2D eigenvalue weighted by Gasteiger charge is -2.37. The SMILES string of the molecule is COc1ccc(C(OC[C@H]2O[C@@H](n3cnc4c(=O)[nH]c(NC(=O)C(C)C)nc43)[C@H](OP(=O)(O)O)C2F)(c2ccccc2)c2ccc(OC)cc2)cc1. The van der Waals surface area contributed by atoms with Gasteiger partial charge < -0.3 is 28.7 Å². The van der Waals surface area contributed by atoms with Crippen molar-refractivity contribution in [3.05, 3.63) is 112 Å². The number of hydrogen-bond acceptors (Lipinski definition) is 10. The van der Waals surface area contributed by atoms with Gasteiger partial charge in [0, 0.05) is 5.92 Å². The van der Waals surface area contributed by atoms with Crippen molar-refractivity contribution >= 4 is 30.8 Å². The molecule has 0 radical (unpaired) electrons. The number of imidazole rings is 1. The van der Waals surface area contributed by atoms with Gasteiger partial charge in [0.05, 0.1) is 27.2 Å². The highest BCUT2D eigenvalue weighted by atomic mass is 31.2. The highest BCUT2D eigenvalue weighted by Crippen LogP contribution is 2.47. The second kappa shape index (κ2) is 14.9. The Labute approximate surface area is 296 Å². The normalized spacial score (nSPS) is 19.2. The minimum absolute atomic E-state index is 0.156. The largest absolute Gasteiger partial charge is 0.497 e. The number of aromatic amines is 1. The maximum Gasteiger partial charge on any atom is 0.470 e. The maximum atomic E-state index is 16.5. The Hall–Kier alpha value is -4.96. The number of amides is 1. The quantitative estimate of drug-likeness (QED) is 0.0981. The Balaban J connectivity index is 1.42. The fraction of sp³-hybridized carbons (Fsp3) is 0.314. The Morgan fingerprint density at radius 2 is 1.58 bits per heavy atom. The van der Waals surface area contributed by atoms with E-state index in [0.29, 0.717) is 28.2 Å². The number of carbonyl (C=O) groups excluding carboxylic acids is 1. The average molecular weight is 738 g/mol. The summed E-state index contributed by atoms with van der Waals surface area (Å²) in [6.07, 6.45) is -6.02. The number of rotatable bonds is 13. The van der Waals surface area contributed by atoms with Crippen LogP contribution in [-0.2, 0) is 29.0 Å². The minimum atomic E-state index is -5.30. The summed E-state index contributed by atoms with van der Waals surface area (Å²) in [5.41, 5.74) is -0.472. The number of fused-ring (bicyclic) bond motifs is 1. The van der Waals surface area contributed by atoms with E-state index in [4.69, 9.17) is 23.5 Å². The van der Waals surface area contributed by atoms with Crippen molar-refractivity contribution in [2.45, 2.75) is 44.1 Å². The summed E-state index contributed by atoms with van der Waals surface area (Å²) in [6.45, 7) is 2.83. The third-order valence-electron chi connectivity index (χ3n) is 8.63. The molecule has 4 atom stereocenters. The first kappa shape index (κ1) is 36.8. The number of nitrogens with zero attached hydrogens (tertiary/aromatic N) is 3.